The molecule has 0 unspecified atom stereocenters. The molecule has 2 fully saturated rings. The lowest BCUT2D eigenvalue weighted by molar-refractivity contribution is 0.479. The fourth-order valence-corrected chi connectivity index (χ4v) is 4.04. The van der Waals surface area contributed by atoms with Gasteiger partial charge < -0.3 is 9.80 Å². The molecule has 5 nitrogen and oxygen atoms in total. The maximum atomic E-state index is 9.07. The van der Waals surface area contributed by atoms with E-state index in [0.717, 1.165) is 42.0 Å². The summed E-state index contributed by atoms with van der Waals surface area (Å²) >= 11 is 3.49. The Balaban J connectivity index is 1.41. The van der Waals surface area contributed by atoms with Crippen molar-refractivity contribution in [3.8, 4) is 6.07 Å². The molecule has 2 aliphatic rings. The summed E-state index contributed by atoms with van der Waals surface area (Å²) in [6, 6.07) is 10.7. The zero-order chi connectivity index (χ0) is 18.1. The van der Waals surface area contributed by atoms with Gasteiger partial charge in [-0.1, -0.05) is 0 Å². The molecule has 2 heterocycles. The van der Waals surface area contributed by atoms with Gasteiger partial charge in [0.1, 0.15) is 17.7 Å². The summed E-state index contributed by atoms with van der Waals surface area (Å²) in [7, 11) is 2.15. The van der Waals surface area contributed by atoms with Crippen LogP contribution in [0.4, 0.5) is 11.5 Å². The average molecular weight is 412 g/mol. The average Bonchev–Trinajstić information content (AvgIpc) is 3.53. The Morgan fingerprint density at radius 1 is 1.19 bits per heavy atom. The second-order valence-electron chi connectivity index (χ2n) is 7.15. The van der Waals surface area contributed by atoms with Crippen molar-refractivity contribution in [1.82, 2.24) is 9.97 Å². The molecule has 2 aromatic rings. The first-order valence-corrected chi connectivity index (χ1v) is 9.95. The smallest absolute Gasteiger partial charge is 0.133 e. The van der Waals surface area contributed by atoms with E-state index in [2.05, 4.69) is 49.9 Å². The molecule has 1 aliphatic carbocycles. The molecule has 0 atom stereocenters. The highest BCUT2D eigenvalue weighted by Gasteiger charge is 2.28. The number of hydrogen-bond acceptors (Lipinski definition) is 5. The third kappa shape index (κ3) is 3.54. The Labute approximate surface area is 162 Å². The standard InChI is InChI=1S/C20H22BrN5/c1-25(19-6-9-23-20(24-19)14-2-3-14)16-7-10-26(11-8-16)17-5-4-15(13-22)18(21)12-17/h4-6,9,12,14,16H,2-3,7-8,10-11H2,1H3. The molecule has 26 heavy (non-hydrogen) atoms. The quantitative estimate of drug-likeness (QED) is 0.757. The maximum Gasteiger partial charge on any atom is 0.133 e. The molecule has 4 rings (SSSR count). The molecule has 0 radical (unpaired) electrons. The number of anilines is 2. The van der Waals surface area contributed by atoms with E-state index in [4.69, 9.17) is 10.2 Å². The van der Waals surface area contributed by atoms with Crippen molar-refractivity contribution in [2.24, 2.45) is 0 Å². The number of halogens is 1. The number of piperidine rings is 1. The highest BCUT2D eigenvalue weighted by molar-refractivity contribution is 9.10. The minimum Gasteiger partial charge on any atom is -0.371 e. The van der Waals surface area contributed by atoms with Crippen molar-refractivity contribution in [2.75, 3.05) is 29.9 Å². The summed E-state index contributed by atoms with van der Waals surface area (Å²) in [6.07, 6.45) is 6.54. The van der Waals surface area contributed by atoms with E-state index < -0.39 is 0 Å². The van der Waals surface area contributed by atoms with Crippen molar-refractivity contribution in [2.45, 2.75) is 37.6 Å². The van der Waals surface area contributed by atoms with E-state index in [1.165, 1.54) is 18.5 Å². The SMILES string of the molecule is CN(c1ccnc(C2CC2)n1)C1CCN(c2ccc(C#N)c(Br)c2)CC1. The van der Waals surface area contributed by atoms with Gasteiger partial charge in [0.15, 0.2) is 0 Å². The molecular weight excluding hydrogens is 390 g/mol. The minimum atomic E-state index is 0.495. The molecule has 1 aromatic heterocycles. The van der Waals surface area contributed by atoms with Crippen LogP contribution in [0.2, 0.25) is 0 Å². The second kappa shape index (κ2) is 7.24. The molecule has 1 aromatic carbocycles. The highest BCUT2D eigenvalue weighted by atomic mass is 79.9. The summed E-state index contributed by atoms with van der Waals surface area (Å²) < 4.78 is 0.866. The predicted octanol–water partition coefficient (Wildman–Crippen LogP) is 4.09. The monoisotopic (exact) mass is 411 g/mol. The number of aromatic nitrogens is 2. The van der Waals surface area contributed by atoms with E-state index in [1.807, 2.05) is 24.4 Å². The van der Waals surface area contributed by atoms with Gasteiger partial charge >= 0.3 is 0 Å². The molecular formula is C20H22BrN5. The first-order valence-electron chi connectivity index (χ1n) is 9.16. The third-order valence-corrected chi connectivity index (χ3v) is 6.07. The van der Waals surface area contributed by atoms with E-state index >= 15 is 0 Å². The molecule has 0 amide bonds. The summed E-state index contributed by atoms with van der Waals surface area (Å²) in [4.78, 5) is 13.9. The lowest BCUT2D eigenvalue weighted by atomic mass is 10.0. The van der Waals surface area contributed by atoms with Crippen LogP contribution in [-0.4, -0.2) is 36.1 Å². The molecule has 0 N–H and O–H groups in total. The van der Waals surface area contributed by atoms with E-state index in [1.54, 1.807) is 0 Å². The van der Waals surface area contributed by atoms with Gasteiger partial charge in [-0.15, -0.1) is 0 Å². The van der Waals surface area contributed by atoms with Crippen LogP contribution < -0.4 is 9.80 Å². The van der Waals surface area contributed by atoms with Gasteiger partial charge in [-0.2, -0.15) is 5.26 Å². The van der Waals surface area contributed by atoms with Crippen molar-refractivity contribution >= 4 is 27.4 Å². The Bertz CT molecular complexity index is 834. The van der Waals surface area contributed by atoms with Crippen molar-refractivity contribution in [3.05, 3.63) is 46.3 Å². The first-order chi connectivity index (χ1) is 12.7. The van der Waals surface area contributed by atoms with Gasteiger partial charge in [0.2, 0.25) is 0 Å². The predicted molar refractivity (Wildman–Crippen MR) is 107 cm³/mol. The van der Waals surface area contributed by atoms with E-state index in [0.29, 0.717) is 17.5 Å². The lowest BCUT2D eigenvalue weighted by Crippen LogP contribution is -2.43. The van der Waals surface area contributed by atoms with Gasteiger partial charge in [0, 0.05) is 48.5 Å². The zero-order valence-corrected chi connectivity index (χ0v) is 16.5. The largest absolute Gasteiger partial charge is 0.371 e. The van der Waals surface area contributed by atoms with Crippen LogP contribution >= 0.6 is 15.9 Å². The minimum absolute atomic E-state index is 0.495. The Hall–Kier alpha value is -2.13. The van der Waals surface area contributed by atoms with Crippen LogP contribution in [0.5, 0.6) is 0 Å². The fraction of sp³-hybridized carbons (Fsp3) is 0.450. The molecule has 1 saturated heterocycles. The van der Waals surface area contributed by atoms with Crippen LogP contribution in [0.1, 0.15) is 43.0 Å². The number of nitriles is 1. The van der Waals surface area contributed by atoms with Crippen molar-refractivity contribution in [3.63, 3.8) is 0 Å². The molecule has 0 spiro atoms. The molecule has 1 saturated carbocycles. The van der Waals surface area contributed by atoms with Crippen LogP contribution in [0.15, 0.2) is 34.9 Å². The van der Waals surface area contributed by atoms with Gasteiger partial charge in [-0.25, -0.2) is 9.97 Å². The van der Waals surface area contributed by atoms with Crippen LogP contribution in [0, 0.1) is 11.3 Å². The van der Waals surface area contributed by atoms with Crippen LogP contribution in [0.25, 0.3) is 0 Å². The Morgan fingerprint density at radius 2 is 1.96 bits per heavy atom. The number of benzene rings is 1. The third-order valence-electron chi connectivity index (χ3n) is 5.41. The topological polar surface area (TPSA) is 56.1 Å². The van der Waals surface area contributed by atoms with E-state index in [9.17, 15) is 0 Å². The number of hydrogen-bond donors (Lipinski definition) is 0. The van der Waals surface area contributed by atoms with E-state index in [-0.39, 0.29) is 0 Å². The summed E-state index contributed by atoms with van der Waals surface area (Å²) in [5.74, 6) is 2.63. The van der Waals surface area contributed by atoms with Crippen molar-refractivity contribution < 1.29 is 0 Å². The zero-order valence-electron chi connectivity index (χ0n) is 14.9. The van der Waals surface area contributed by atoms with Crippen molar-refractivity contribution in [1.29, 1.82) is 5.26 Å². The summed E-state index contributed by atoms with van der Waals surface area (Å²) in [5.41, 5.74) is 1.86. The second-order valence-corrected chi connectivity index (χ2v) is 8.01. The fourth-order valence-electron chi connectivity index (χ4n) is 3.59. The maximum absolute atomic E-state index is 9.07. The molecule has 6 heteroatoms. The molecule has 1 aliphatic heterocycles. The number of rotatable bonds is 4. The normalized spacial score (nSPS) is 17.8. The van der Waals surface area contributed by atoms with Gasteiger partial charge in [-0.05, 0) is 65.9 Å². The summed E-state index contributed by atoms with van der Waals surface area (Å²) in [6.45, 7) is 2.02. The van der Waals surface area contributed by atoms with Crippen LogP contribution in [0.3, 0.4) is 0 Å². The first kappa shape index (κ1) is 17.3. The Morgan fingerprint density at radius 3 is 2.62 bits per heavy atom. The molecule has 0 bridgehead atoms. The summed E-state index contributed by atoms with van der Waals surface area (Å²) in [5, 5.41) is 9.07. The van der Waals surface area contributed by atoms with Crippen LogP contribution in [-0.2, 0) is 0 Å². The Kier molecular flexibility index (Phi) is 4.82. The van der Waals surface area contributed by atoms with Gasteiger partial charge in [0.25, 0.3) is 0 Å². The lowest BCUT2D eigenvalue weighted by Gasteiger charge is -2.38. The number of nitrogens with zero attached hydrogens (tertiary/aromatic N) is 5. The van der Waals surface area contributed by atoms with Gasteiger partial charge in [0.05, 0.1) is 5.56 Å². The van der Waals surface area contributed by atoms with Gasteiger partial charge in [-0.3, -0.25) is 0 Å². The molecule has 134 valence electrons. The highest BCUT2D eigenvalue weighted by Crippen LogP contribution is 2.38.